The summed E-state index contributed by atoms with van der Waals surface area (Å²) in [6.45, 7) is 0. The summed E-state index contributed by atoms with van der Waals surface area (Å²) >= 11 is 0. The molecule has 1 aromatic carbocycles. The number of hydrogen-bond acceptors (Lipinski definition) is 6. The number of ketones is 1. The van der Waals surface area contributed by atoms with Gasteiger partial charge in [0.2, 0.25) is 11.6 Å². The Morgan fingerprint density at radius 3 is 2.36 bits per heavy atom. The zero-order chi connectivity index (χ0) is 18.0. The second-order valence-corrected chi connectivity index (χ2v) is 4.91. The topological polar surface area (TPSA) is 78.1 Å². The molecule has 0 bridgehead atoms. The number of nitrogens with zero attached hydrogens (tertiary/aromatic N) is 3. The van der Waals surface area contributed by atoms with Crippen LogP contribution in [0.4, 0.5) is 13.2 Å². The van der Waals surface area contributed by atoms with Crippen molar-refractivity contribution in [3.63, 3.8) is 0 Å². The number of benzene rings is 1. The lowest BCUT2D eigenvalue weighted by atomic mass is 10.1. The van der Waals surface area contributed by atoms with Crippen molar-refractivity contribution in [1.29, 1.82) is 0 Å². The highest BCUT2D eigenvalue weighted by molar-refractivity contribution is 6.07. The second-order valence-electron chi connectivity index (χ2n) is 4.91. The summed E-state index contributed by atoms with van der Waals surface area (Å²) < 4.78 is 46.6. The number of methoxy groups -OCH3 is 1. The standard InChI is InChI=1S/C16H10F3N3O3/c1-24-11-6-7-12(20-8-11)13(23)9-2-4-10(5-3-9)14-21-15(25-22-14)16(17,18)19/h2-8H,1H3. The Hall–Kier alpha value is -3.23. The largest absolute Gasteiger partial charge is 0.495 e. The molecule has 0 N–H and O–H groups in total. The van der Waals surface area contributed by atoms with Crippen LogP contribution in [0.5, 0.6) is 5.75 Å². The van der Waals surface area contributed by atoms with E-state index >= 15 is 0 Å². The molecule has 0 aliphatic heterocycles. The molecular formula is C16H10F3N3O3. The van der Waals surface area contributed by atoms with E-state index in [0.29, 0.717) is 16.9 Å². The quantitative estimate of drug-likeness (QED) is 0.672. The first-order chi connectivity index (χ1) is 11.9. The number of rotatable bonds is 4. The highest BCUT2D eigenvalue weighted by Gasteiger charge is 2.38. The van der Waals surface area contributed by atoms with Crippen LogP contribution < -0.4 is 4.74 Å². The number of halogens is 3. The Labute approximate surface area is 139 Å². The molecule has 0 atom stereocenters. The zero-order valence-corrected chi connectivity index (χ0v) is 12.7. The predicted molar refractivity (Wildman–Crippen MR) is 79.0 cm³/mol. The van der Waals surface area contributed by atoms with Gasteiger partial charge in [-0.05, 0) is 12.1 Å². The van der Waals surface area contributed by atoms with E-state index in [9.17, 15) is 18.0 Å². The Balaban J connectivity index is 1.81. The maximum atomic E-state index is 12.5. The average Bonchev–Trinajstić information content (AvgIpc) is 3.12. The van der Waals surface area contributed by atoms with Crippen molar-refractivity contribution < 1.29 is 27.2 Å². The second kappa shape index (κ2) is 6.34. The SMILES string of the molecule is COc1ccc(C(=O)c2ccc(-c3noc(C(F)(F)F)n3)cc2)nc1. The summed E-state index contributed by atoms with van der Waals surface area (Å²) in [5, 5.41) is 3.29. The van der Waals surface area contributed by atoms with Gasteiger partial charge < -0.3 is 9.26 Å². The van der Waals surface area contributed by atoms with Gasteiger partial charge in [0, 0.05) is 11.1 Å². The minimum Gasteiger partial charge on any atom is -0.495 e. The fourth-order valence-electron chi connectivity index (χ4n) is 2.01. The molecule has 0 radical (unpaired) electrons. The van der Waals surface area contributed by atoms with E-state index in [1.165, 1.54) is 43.6 Å². The minimum absolute atomic E-state index is 0.214. The van der Waals surface area contributed by atoms with Crippen LogP contribution in [0.25, 0.3) is 11.4 Å². The molecule has 2 aromatic heterocycles. The molecule has 3 aromatic rings. The number of alkyl halides is 3. The van der Waals surface area contributed by atoms with Gasteiger partial charge in [0.15, 0.2) is 0 Å². The van der Waals surface area contributed by atoms with E-state index in [0.717, 1.165) is 0 Å². The van der Waals surface area contributed by atoms with Gasteiger partial charge in [-0.3, -0.25) is 4.79 Å². The third-order valence-corrected chi connectivity index (χ3v) is 3.28. The summed E-state index contributed by atoms with van der Waals surface area (Å²) in [5.74, 6) is -1.46. The highest BCUT2D eigenvalue weighted by Crippen LogP contribution is 2.29. The van der Waals surface area contributed by atoms with Crippen LogP contribution >= 0.6 is 0 Å². The van der Waals surface area contributed by atoms with Gasteiger partial charge in [-0.2, -0.15) is 18.2 Å². The monoisotopic (exact) mass is 349 g/mol. The Kier molecular flexibility index (Phi) is 4.22. The number of pyridine rings is 1. The van der Waals surface area contributed by atoms with E-state index in [1.54, 1.807) is 6.07 Å². The first-order valence-corrected chi connectivity index (χ1v) is 6.94. The van der Waals surface area contributed by atoms with Crippen LogP contribution in [-0.2, 0) is 6.18 Å². The molecular weight excluding hydrogens is 339 g/mol. The van der Waals surface area contributed by atoms with Crippen molar-refractivity contribution in [3.05, 3.63) is 59.7 Å². The van der Waals surface area contributed by atoms with E-state index in [1.807, 2.05) is 0 Å². The number of hydrogen-bond donors (Lipinski definition) is 0. The summed E-state index contributed by atoms with van der Waals surface area (Å²) in [4.78, 5) is 19.6. The van der Waals surface area contributed by atoms with E-state index in [-0.39, 0.29) is 17.3 Å². The minimum atomic E-state index is -4.71. The molecule has 0 spiro atoms. The van der Waals surface area contributed by atoms with Gasteiger partial charge in [0.05, 0.1) is 13.3 Å². The van der Waals surface area contributed by atoms with Crippen LogP contribution in [-0.4, -0.2) is 28.0 Å². The van der Waals surface area contributed by atoms with Crippen molar-refractivity contribution in [2.45, 2.75) is 6.18 Å². The fourth-order valence-corrected chi connectivity index (χ4v) is 2.01. The fraction of sp³-hybridized carbons (Fsp3) is 0.125. The third-order valence-electron chi connectivity index (χ3n) is 3.28. The third kappa shape index (κ3) is 3.49. The van der Waals surface area contributed by atoms with Crippen LogP contribution in [0.15, 0.2) is 47.1 Å². The molecule has 0 saturated heterocycles. The van der Waals surface area contributed by atoms with Gasteiger partial charge >= 0.3 is 12.1 Å². The van der Waals surface area contributed by atoms with E-state index in [4.69, 9.17) is 4.74 Å². The van der Waals surface area contributed by atoms with Gasteiger partial charge in [0.1, 0.15) is 11.4 Å². The molecule has 0 amide bonds. The first kappa shape index (κ1) is 16.6. The molecule has 9 heteroatoms. The molecule has 25 heavy (non-hydrogen) atoms. The Morgan fingerprint density at radius 2 is 1.84 bits per heavy atom. The van der Waals surface area contributed by atoms with E-state index < -0.39 is 12.1 Å². The lowest BCUT2D eigenvalue weighted by molar-refractivity contribution is -0.159. The molecule has 2 heterocycles. The maximum Gasteiger partial charge on any atom is 0.471 e. The molecule has 0 saturated carbocycles. The molecule has 128 valence electrons. The van der Waals surface area contributed by atoms with E-state index in [2.05, 4.69) is 19.6 Å². The lowest BCUT2D eigenvalue weighted by Gasteiger charge is -2.03. The summed E-state index contributed by atoms with van der Waals surface area (Å²) in [6, 6.07) is 8.89. The van der Waals surface area contributed by atoms with Gasteiger partial charge in [-0.15, -0.1) is 0 Å². The summed E-state index contributed by atoms with van der Waals surface area (Å²) in [6.07, 6.45) is -3.29. The van der Waals surface area contributed by atoms with Crippen LogP contribution in [0.1, 0.15) is 21.9 Å². The molecule has 0 fully saturated rings. The first-order valence-electron chi connectivity index (χ1n) is 6.94. The van der Waals surface area contributed by atoms with Crippen LogP contribution in [0.2, 0.25) is 0 Å². The normalized spacial score (nSPS) is 11.4. The van der Waals surface area contributed by atoms with Crippen molar-refractivity contribution in [3.8, 4) is 17.1 Å². The predicted octanol–water partition coefficient (Wildman–Crippen LogP) is 3.39. The zero-order valence-electron chi connectivity index (χ0n) is 12.7. The summed E-state index contributed by atoms with van der Waals surface area (Å²) in [7, 11) is 1.49. The van der Waals surface area contributed by atoms with Crippen LogP contribution in [0, 0.1) is 0 Å². The Morgan fingerprint density at radius 1 is 1.12 bits per heavy atom. The average molecular weight is 349 g/mol. The van der Waals surface area contributed by atoms with Gasteiger partial charge in [-0.1, -0.05) is 29.4 Å². The van der Waals surface area contributed by atoms with Gasteiger partial charge in [-0.25, -0.2) is 4.98 Å². The smallest absolute Gasteiger partial charge is 0.471 e. The molecule has 0 aliphatic rings. The summed E-state index contributed by atoms with van der Waals surface area (Å²) in [5.41, 5.74) is 0.826. The maximum absolute atomic E-state index is 12.5. The van der Waals surface area contributed by atoms with Gasteiger partial charge in [0.25, 0.3) is 0 Å². The van der Waals surface area contributed by atoms with Crippen molar-refractivity contribution >= 4 is 5.78 Å². The van der Waals surface area contributed by atoms with Crippen molar-refractivity contribution in [2.75, 3.05) is 7.11 Å². The number of carbonyl (C=O) groups is 1. The van der Waals surface area contributed by atoms with Crippen LogP contribution in [0.3, 0.4) is 0 Å². The molecule has 3 rings (SSSR count). The number of aromatic nitrogens is 3. The van der Waals surface area contributed by atoms with Crippen molar-refractivity contribution in [1.82, 2.24) is 15.1 Å². The number of ether oxygens (including phenoxy) is 1. The lowest BCUT2D eigenvalue weighted by Crippen LogP contribution is -2.05. The number of carbonyl (C=O) groups excluding carboxylic acids is 1. The highest BCUT2D eigenvalue weighted by atomic mass is 19.4. The van der Waals surface area contributed by atoms with Crippen molar-refractivity contribution in [2.24, 2.45) is 0 Å². The molecule has 6 nitrogen and oxygen atoms in total. The molecule has 0 aliphatic carbocycles. The molecule has 0 unspecified atom stereocenters. The Bertz CT molecular complexity index is 887.